The van der Waals surface area contributed by atoms with Crippen molar-refractivity contribution in [2.24, 2.45) is 11.1 Å². The van der Waals surface area contributed by atoms with Gasteiger partial charge in [0.05, 0.1) is 17.2 Å². The monoisotopic (exact) mass is 544 g/mol. The molecule has 1 saturated carbocycles. The number of para-hydroxylation sites is 1. The number of nitrogens with two attached hydrogens (primary N) is 1. The van der Waals surface area contributed by atoms with Crippen LogP contribution in [0.3, 0.4) is 0 Å². The number of ether oxygens (including phenoxy) is 2. The molecule has 1 aliphatic carbocycles. The predicted molar refractivity (Wildman–Crippen MR) is 142 cm³/mol. The second kappa shape index (κ2) is 9.86. The lowest BCUT2D eigenvalue weighted by atomic mass is 9.98. The minimum Gasteiger partial charge on any atom is -0.489 e. The molecule has 4 aromatic rings. The molecule has 3 heterocycles. The van der Waals surface area contributed by atoms with Crippen LogP contribution in [0.1, 0.15) is 66.2 Å². The standard InChI is InChI=1S/C26H26F2N4O3S2/c1-26(2,3)13-34-21-15(5-4-6-16(21)35-24(27)28)9-10-17-18(14-7-8-14)30-23(37-17)19-20(22(29)33)32-11-12-36-25(32)31-19/h4-6,9-12,14,24H,7-8,13H2,1-3H3,(H2,29,33). The Hall–Kier alpha value is -3.31. The summed E-state index contributed by atoms with van der Waals surface area (Å²) in [6.07, 6.45) is 7.55. The van der Waals surface area contributed by atoms with Crippen molar-refractivity contribution in [1.82, 2.24) is 14.4 Å². The summed E-state index contributed by atoms with van der Waals surface area (Å²) < 4.78 is 38.5. The largest absolute Gasteiger partial charge is 0.489 e. The van der Waals surface area contributed by atoms with Gasteiger partial charge in [0.15, 0.2) is 16.5 Å². The number of fused-ring (bicyclic) bond motifs is 1. The molecule has 0 saturated heterocycles. The third-order valence-corrected chi connectivity index (χ3v) is 7.43. The smallest absolute Gasteiger partial charge is 0.387 e. The molecular weight excluding hydrogens is 518 g/mol. The Balaban J connectivity index is 1.53. The Kier molecular flexibility index (Phi) is 6.76. The van der Waals surface area contributed by atoms with Crippen molar-refractivity contribution in [2.45, 2.75) is 46.1 Å². The van der Waals surface area contributed by atoms with E-state index in [1.807, 2.05) is 38.3 Å². The van der Waals surface area contributed by atoms with Crippen molar-refractivity contribution in [3.8, 4) is 22.2 Å². The first kappa shape index (κ1) is 25.3. The second-order valence-corrected chi connectivity index (χ2v) is 11.9. The zero-order chi connectivity index (χ0) is 26.3. The summed E-state index contributed by atoms with van der Waals surface area (Å²) in [4.78, 5) is 23.3. The van der Waals surface area contributed by atoms with Gasteiger partial charge < -0.3 is 15.2 Å². The number of primary amides is 1. The van der Waals surface area contributed by atoms with Crippen LogP contribution in [0.4, 0.5) is 8.78 Å². The van der Waals surface area contributed by atoms with Gasteiger partial charge in [-0.15, -0.1) is 22.7 Å². The van der Waals surface area contributed by atoms with Crippen LogP contribution >= 0.6 is 22.7 Å². The van der Waals surface area contributed by atoms with E-state index in [1.165, 1.54) is 28.7 Å². The zero-order valence-corrected chi connectivity index (χ0v) is 22.2. The zero-order valence-electron chi connectivity index (χ0n) is 20.5. The van der Waals surface area contributed by atoms with Gasteiger partial charge in [0.25, 0.3) is 5.91 Å². The van der Waals surface area contributed by atoms with Gasteiger partial charge in [-0.3, -0.25) is 9.20 Å². The van der Waals surface area contributed by atoms with E-state index in [1.54, 1.807) is 22.7 Å². The number of benzene rings is 1. The van der Waals surface area contributed by atoms with E-state index >= 15 is 0 Å². The third-order valence-electron chi connectivity index (χ3n) is 5.63. The van der Waals surface area contributed by atoms with E-state index in [4.69, 9.17) is 20.2 Å². The molecule has 1 amide bonds. The van der Waals surface area contributed by atoms with Crippen LogP contribution in [0.5, 0.6) is 11.5 Å². The normalized spacial score (nSPS) is 14.2. The fourth-order valence-corrected chi connectivity index (χ4v) is 5.60. The molecule has 7 nitrogen and oxygen atoms in total. The summed E-state index contributed by atoms with van der Waals surface area (Å²) in [5.41, 5.74) is 7.82. The van der Waals surface area contributed by atoms with E-state index < -0.39 is 12.5 Å². The average Bonchev–Trinajstić information content (AvgIpc) is 3.23. The van der Waals surface area contributed by atoms with Crippen molar-refractivity contribution in [1.29, 1.82) is 0 Å². The molecule has 11 heteroatoms. The molecule has 5 rings (SSSR count). The van der Waals surface area contributed by atoms with Crippen molar-refractivity contribution in [3.05, 3.63) is 51.6 Å². The highest BCUT2D eigenvalue weighted by atomic mass is 32.1. The molecule has 2 N–H and O–H groups in total. The van der Waals surface area contributed by atoms with E-state index in [2.05, 4.69) is 4.98 Å². The molecule has 0 bridgehead atoms. The van der Waals surface area contributed by atoms with Crippen molar-refractivity contribution >= 4 is 45.7 Å². The maximum absolute atomic E-state index is 13.1. The Morgan fingerprint density at radius 3 is 2.73 bits per heavy atom. The number of thiazole rings is 2. The molecule has 37 heavy (non-hydrogen) atoms. The fraction of sp³-hybridized carbons (Fsp3) is 0.346. The molecule has 1 aromatic carbocycles. The Bertz CT molecular complexity index is 1480. The minimum absolute atomic E-state index is 0.0157. The van der Waals surface area contributed by atoms with Gasteiger partial charge in [-0.1, -0.05) is 32.9 Å². The van der Waals surface area contributed by atoms with Gasteiger partial charge in [-0.05, 0) is 36.5 Å². The van der Waals surface area contributed by atoms with Crippen LogP contribution in [-0.4, -0.2) is 33.5 Å². The molecule has 1 aliphatic rings. The highest BCUT2D eigenvalue weighted by molar-refractivity contribution is 7.16. The van der Waals surface area contributed by atoms with Crippen LogP contribution in [0.25, 0.3) is 27.8 Å². The number of hydrogen-bond acceptors (Lipinski definition) is 7. The maximum atomic E-state index is 13.1. The van der Waals surface area contributed by atoms with E-state index in [9.17, 15) is 13.6 Å². The third kappa shape index (κ3) is 5.52. The number of aromatic nitrogens is 3. The first-order valence-corrected chi connectivity index (χ1v) is 13.5. The molecule has 0 spiro atoms. The molecule has 1 fully saturated rings. The number of halogens is 2. The van der Waals surface area contributed by atoms with Crippen molar-refractivity contribution in [2.75, 3.05) is 6.61 Å². The summed E-state index contributed by atoms with van der Waals surface area (Å²) in [6.45, 7) is 3.36. The number of imidazole rings is 1. The first-order chi connectivity index (χ1) is 17.6. The van der Waals surface area contributed by atoms with Gasteiger partial charge in [0, 0.05) is 23.1 Å². The number of amides is 1. The minimum atomic E-state index is -2.97. The molecule has 0 unspecified atom stereocenters. The van der Waals surface area contributed by atoms with Crippen LogP contribution < -0.4 is 15.2 Å². The molecule has 194 valence electrons. The van der Waals surface area contributed by atoms with E-state index in [0.717, 1.165) is 23.4 Å². The molecular formula is C26H26F2N4O3S2. The SMILES string of the molecule is CC(C)(C)COc1c(C=Cc2sc(-c3nc4sccn4c3C(N)=O)nc2C2CC2)cccc1OC(F)F. The van der Waals surface area contributed by atoms with Crippen LogP contribution in [-0.2, 0) is 0 Å². The second-order valence-electron chi connectivity index (χ2n) is 10.0. The van der Waals surface area contributed by atoms with Gasteiger partial charge >= 0.3 is 6.61 Å². The fourth-order valence-electron chi connectivity index (χ4n) is 3.85. The first-order valence-electron chi connectivity index (χ1n) is 11.8. The quantitative estimate of drug-likeness (QED) is 0.253. The van der Waals surface area contributed by atoms with Gasteiger partial charge in [-0.25, -0.2) is 9.97 Å². The predicted octanol–water partition coefficient (Wildman–Crippen LogP) is 6.69. The molecule has 0 radical (unpaired) electrons. The number of nitrogens with zero attached hydrogens (tertiary/aromatic N) is 3. The highest BCUT2D eigenvalue weighted by Crippen LogP contribution is 2.45. The lowest BCUT2D eigenvalue weighted by molar-refractivity contribution is -0.0517. The topological polar surface area (TPSA) is 91.7 Å². The Morgan fingerprint density at radius 2 is 2.05 bits per heavy atom. The number of carbonyl (C=O) groups excluding carboxylic acids is 1. The van der Waals surface area contributed by atoms with Crippen LogP contribution in [0, 0.1) is 5.41 Å². The van der Waals surface area contributed by atoms with Crippen LogP contribution in [0.2, 0.25) is 0 Å². The van der Waals surface area contributed by atoms with Gasteiger partial charge in [-0.2, -0.15) is 8.78 Å². The number of alkyl halides is 2. The van der Waals surface area contributed by atoms with E-state index in [0.29, 0.717) is 39.4 Å². The summed E-state index contributed by atoms with van der Waals surface area (Å²) in [5, 5.41) is 2.46. The van der Waals surface area contributed by atoms with Crippen molar-refractivity contribution in [3.63, 3.8) is 0 Å². The molecule has 0 aliphatic heterocycles. The van der Waals surface area contributed by atoms with Crippen LogP contribution in [0.15, 0.2) is 29.8 Å². The van der Waals surface area contributed by atoms with Gasteiger partial charge in [0.1, 0.15) is 16.4 Å². The summed E-state index contributed by atoms with van der Waals surface area (Å²) in [5.74, 6) is 0.00296. The Morgan fingerprint density at radius 1 is 1.27 bits per heavy atom. The van der Waals surface area contributed by atoms with Gasteiger partial charge in [0.2, 0.25) is 0 Å². The maximum Gasteiger partial charge on any atom is 0.387 e. The Labute approximate surface area is 220 Å². The summed E-state index contributed by atoms with van der Waals surface area (Å²) >= 11 is 2.83. The summed E-state index contributed by atoms with van der Waals surface area (Å²) in [6, 6.07) is 4.91. The summed E-state index contributed by atoms with van der Waals surface area (Å²) in [7, 11) is 0. The highest BCUT2D eigenvalue weighted by Gasteiger charge is 2.31. The number of rotatable bonds is 9. The lowest BCUT2D eigenvalue weighted by Crippen LogP contribution is -2.18. The number of carbonyl (C=O) groups is 1. The number of hydrogen-bond donors (Lipinski definition) is 1. The molecule has 0 atom stereocenters. The van der Waals surface area contributed by atoms with Crippen molar-refractivity contribution < 1.29 is 23.0 Å². The van der Waals surface area contributed by atoms with E-state index in [-0.39, 0.29) is 16.9 Å². The molecule has 3 aromatic heterocycles. The lowest BCUT2D eigenvalue weighted by Gasteiger charge is -2.21. The average molecular weight is 545 g/mol.